The number of nitrogens with zero attached hydrogens (tertiary/aromatic N) is 1. The highest BCUT2D eigenvalue weighted by atomic mass is 31.2. The summed E-state index contributed by atoms with van der Waals surface area (Å²) in [5, 5.41) is 0. The SMILES string of the molecule is CC.COP(C)(=O)N1CCC(=O)CC1. The molecule has 1 fully saturated rings. The average molecular weight is 221 g/mol. The van der Waals surface area contributed by atoms with Crippen molar-refractivity contribution in [3.8, 4) is 0 Å². The zero-order valence-corrected chi connectivity index (χ0v) is 10.3. The van der Waals surface area contributed by atoms with E-state index in [4.69, 9.17) is 4.52 Å². The molecule has 1 atom stereocenters. The highest BCUT2D eigenvalue weighted by Crippen LogP contribution is 2.46. The molecule has 0 N–H and O–H groups in total. The Hall–Kier alpha value is -0.180. The van der Waals surface area contributed by atoms with Gasteiger partial charge in [0, 0.05) is 39.7 Å². The predicted octanol–water partition coefficient (Wildman–Crippen LogP) is 2.15. The Bertz CT molecular complexity index is 220. The molecule has 0 aliphatic carbocycles. The Morgan fingerprint density at radius 2 is 1.71 bits per heavy atom. The zero-order valence-electron chi connectivity index (χ0n) is 9.45. The molecule has 4 nitrogen and oxygen atoms in total. The van der Waals surface area contributed by atoms with Gasteiger partial charge in [0.2, 0.25) is 0 Å². The summed E-state index contributed by atoms with van der Waals surface area (Å²) in [5.74, 6) is 0.252. The van der Waals surface area contributed by atoms with Gasteiger partial charge in [-0.25, -0.2) is 4.67 Å². The summed E-state index contributed by atoms with van der Waals surface area (Å²) in [7, 11) is -1.15. The maximum Gasteiger partial charge on any atom is 0.269 e. The third kappa shape index (κ3) is 3.91. The molecular formula is C9H20NO3P. The van der Waals surface area contributed by atoms with Crippen molar-refractivity contribution in [3.05, 3.63) is 0 Å². The summed E-state index contributed by atoms with van der Waals surface area (Å²) in [4.78, 5) is 10.9. The fourth-order valence-electron chi connectivity index (χ4n) is 1.22. The fraction of sp³-hybridized carbons (Fsp3) is 0.889. The van der Waals surface area contributed by atoms with Crippen LogP contribution in [0, 0.1) is 0 Å². The number of carbonyl (C=O) groups is 1. The molecule has 1 rings (SSSR count). The van der Waals surface area contributed by atoms with Gasteiger partial charge in [-0.15, -0.1) is 0 Å². The second-order valence-corrected chi connectivity index (χ2v) is 5.51. The van der Waals surface area contributed by atoms with Crippen LogP contribution in [0.1, 0.15) is 26.7 Å². The van der Waals surface area contributed by atoms with E-state index in [1.54, 1.807) is 11.3 Å². The van der Waals surface area contributed by atoms with Crippen molar-refractivity contribution in [3.63, 3.8) is 0 Å². The fourth-order valence-corrected chi connectivity index (χ4v) is 2.38. The first-order valence-electron chi connectivity index (χ1n) is 4.96. The molecule has 84 valence electrons. The van der Waals surface area contributed by atoms with E-state index in [1.165, 1.54) is 7.11 Å². The van der Waals surface area contributed by atoms with E-state index in [2.05, 4.69) is 0 Å². The molecule has 0 saturated carbocycles. The first-order chi connectivity index (χ1) is 6.56. The minimum Gasteiger partial charge on any atom is -0.321 e. The maximum absolute atomic E-state index is 11.6. The lowest BCUT2D eigenvalue weighted by Crippen LogP contribution is -2.31. The molecule has 1 heterocycles. The lowest BCUT2D eigenvalue weighted by molar-refractivity contribution is -0.120. The van der Waals surface area contributed by atoms with Gasteiger partial charge in [-0.05, 0) is 0 Å². The van der Waals surface area contributed by atoms with Crippen LogP contribution >= 0.6 is 7.52 Å². The van der Waals surface area contributed by atoms with Crippen molar-refractivity contribution in [1.82, 2.24) is 4.67 Å². The monoisotopic (exact) mass is 221 g/mol. The van der Waals surface area contributed by atoms with E-state index in [0.717, 1.165) is 0 Å². The number of hydrogen-bond donors (Lipinski definition) is 0. The van der Waals surface area contributed by atoms with Gasteiger partial charge in [-0.1, -0.05) is 13.8 Å². The molecule has 0 spiro atoms. The molecule has 0 radical (unpaired) electrons. The average Bonchev–Trinajstić information content (AvgIpc) is 2.21. The van der Waals surface area contributed by atoms with Crippen LogP contribution in [0.5, 0.6) is 0 Å². The van der Waals surface area contributed by atoms with Gasteiger partial charge in [0.25, 0.3) is 7.52 Å². The van der Waals surface area contributed by atoms with E-state index < -0.39 is 7.52 Å². The summed E-state index contributed by atoms with van der Waals surface area (Å²) in [6.07, 6.45) is 1.00. The number of hydrogen-bond acceptors (Lipinski definition) is 3. The van der Waals surface area contributed by atoms with Gasteiger partial charge in [-0.2, -0.15) is 0 Å². The third-order valence-electron chi connectivity index (χ3n) is 2.15. The standard InChI is InChI=1S/C7H14NO3P.C2H6/c1-11-12(2,10)8-5-3-7(9)4-6-8;1-2/h3-6H2,1-2H3;1-2H3. The molecule has 0 amide bonds. The maximum atomic E-state index is 11.6. The number of carbonyl (C=O) groups excluding carboxylic acids is 1. The minimum absolute atomic E-state index is 0.252. The van der Waals surface area contributed by atoms with Crippen molar-refractivity contribution in [2.75, 3.05) is 26.9 Å². The lowest BCUT2D eigenvalue weighted by atomic mass is 10.1. The Kier molecular flexibility index (Phi) is 6.25. The van der Waals surface area contributed by atoms with Crippen molar-refractivity contribution < 1.29 is 13.9 Å². The molecule has 1 aliphatic heterocycles. The smallest absolute Gasteiger partial charge is 0.269 e. The van der Waals surface area contributed by atoms with Crippen molar-refractivity contribution in [2.45, 2.75) is 26.7 Å². The second-order valence-electron chi connectivity index (χ2n) is 2.98. The molecule has 0 aromatic heterocycles. The first-order valence-corrected chi connectivity index (χ1v) is 6.99. The summed E-state index contributed by atoms with van der Waals surface area (Å²) in [6, 6.07) is 0. The van der Waals surface area contributed by atoms with Crippen molar-refractivity contribution in [2.24, 2.45) is 0 Å². The van der Waals surface area contributed by atoms with Crippen LogP contribution in [-0.4, -0.2) is 37.3 Å². The van der Waals surface area contributed by atoms with Crippen LogP contribution in [0.4, 0.5) is 0 Å². The van der Waals surface area contributed by atoms with Crippen LogP contribution in [0.25, 0.3) is 0 Å². The van der Waals surface area contributed by atoms with E-state index in [-0.39, 0.29) is 5.78 Å². The Morgan fingerprint density at radius 1 is 1.29 bits per heavy atom. The Labute approximate surface area is 86.1 Å². The van der Waals surface area contributed by atoms with Gasteiger partial charge in [0.1, 0.15) is 5.78 Å². The van der Waals surface area contributed by atoms with Gasteiger partial charge in [-0.3, -0.25) is 9.36 Å². The molecule has 0 bridgehead atoms. The predicted molar refractivity (Wildman–Crippen MR) is 57.7 cm³/mol. The lowest BCUT2D eigenvalue weighted by Gasteiger charge is -2.29. The van der Waals surface area contributed by atoms with E-state index in [1.807, 2.05) is 13.8 Å². The molecule has 1 aliphatic rings. The molecular weight excluding hydrogens is 201 g/mol. The summed E-state index contributed by atoms with van der Waals surface area (Å²) in [6.45, 7) is 6.73. The quantitative estimate of drug-likeness (QED) is 0.670. The topological polar surface area (TPSA) is 46.6 Å². The van der Waals surface area contributed by atoms with Crippen molar-refractivity contribution in [1.29, 1.82) is 0 Å². The van der Waals surface area contributed by atoms with Crippen LogP contribution in [0.15, 0.2) is 0 Å². The van der Waals surface area contributed by atoms with Crippen LogP contribution < -0.4 is 0 Å². The number of Topliss-reactive ketones (excluding diaryl/α,β-unsaturated/α-hetero) is 1. The van der Waals surface area contributed by atoms with Crippen molar-refractivity contribution >= 4 is 13.3 Å². The number of piperidine rings is 1. The van der Waals surface area contributed by atoms with Gasteiger partial charge in [0.15, 0.2) is 0 Å². The van der Waals surface area contributed by atoms with Crippen LogP contribution in [0.2, 0.25) is 0 Å². The summed E-state index contributed by atoms with van der Waals surface area (Å²) < 4.78 is 18.3. The minimum atomic E-state index is -2.59. The largest absolute Gasteiger partial charge is 0.321 e. The van der Waals surface area contributed by atoms with Gasteiger partial charge in [0.05, 0.1) is 0 Å². The Morgan fingerprint density at radius 3 is 2.07 bits per heavy atom. The second kappa shape index (κ2) is 6.33. The normalized spacial score (nSPS) is 22.1. The highest BCUT2D eigenvalue weighted by Gasteiger charge is 2.28. The van der Waals surface area contributed by atoms with Crippen LogP contribution in [0.3, 0.4) is 0 Å². The first kappa shape index (κ1) is 13.8. The Balaban J connectivity index is 0.000000791. The summed E-state index contributed by atoms with van der Waals surface area (Å²) in [5.41, 5.74) is 0. The molecule has 1 saturated heterocycles. The highest BCUT2D eigenvalue weighted by molar-refractivity contribution is 7.55. The molecule has 1 unspecified atom stereocenters. The van der Waals surface area contributed by atoms with Gasteiger partial charge >= 0.3 is 0 Å². The molecule has 0 aromatic rings. The van der Waals surface area contributed by atoms with E-state index >= 15 is 0 Å². The van der Waals surface area contributed by atoms with E-state index in [9.17, 15) is 9.36 Å². The van der Waals surface area contributed by atoms with E-state index in [0.29, 0.717) is 25.9 Å². The van der Waals surface area contributed by atoms with Crippen LogP contribution in [-0.2, 0) is 13.9 Å². The molecule has 5 heteroatoms. The zero-order chi connectivity index (χ0) is 11.2. The molecule has 0 aromatic carbocycles. The number of rotatable bonds is 2. The van der Waals surface area contributed by atoms with Gasteiger partial charge < -0.3 is 4.52 Å². The number of ketones is 1. The molecule has 14 heavy (non-hydrogen) atoms. The third-order valence-corrected chi connectivity index (χ3v) is 4.26. The summed E-state index contributed by atoms with van der Waals surface area (Å²) >= 11 is 0.